The Morgan fingerprint density at radius 3 is 2.29 bits per heavy atom. The Morgan fingerprint density at radius 1 is 1.13 bits per heavy atom. The molecule has 0 aliphatic carbocycles. The second-order valence-corrected chi connectivity index (χ2v) is 10.8. The molecule has 1 N–H and O–H groups in total. The van der Waals surface area contributed by atoms with Crippen LogP contribution in [0.4, 0.5) is 23.2 Å². The van der Waals surface area contributed by atoms with Gasteiger partial charge in [-0.25, -0.2) is 21.6 Å². The van der Waals surface area contributed by atoms with Gasteiger partial charge in [0.1, 0.15) is 22.5 Å². The molecule has 176 valence electrons. The molecular formula is C18H23F4NO6S2. The third-order valence-electron chi connectivity index (χ3n) is 5.63. The van der Waals surface area contributed by atoms with Gasteiger partial charge < -0.3 is 4.55 Å². The average molecular weight is 490 g/mol. The zero-order valence-electron chi connectivity index (χ0n) is 16.9. The Morgan fingerprint density at radius 2 is 1.74 bits per heavy atom. The molecule has 1 heterocycles. The maximum absolute atomic E-state index is 14.7. The minimum atomic E-state index is -5.14. The molecule has 0 aromatic heterocycles. The van der Waals surface area contributed by atoms with Crippen LogP contribution in [0.1, 0.15) is 51.5 Å². The summed E-state index contributed by atoms with van der Waals surface area (Å²) in [5, 5.41) is 0. The summed E-state index contributed by atoms with van der Waals surface area (Å²) < 4.78 is 121. The van der Waals surface area contributed by atoms with Crippen molar-refractivity contribution in [2.24, 2.45) is 0 Å². The number of alkyl halides is 1. The Balaban J connectivity index is 2.38. The van der Waals surface area contributed by atoms with Crippen molar-refractivity contribution in [1.29, 1.82) is 0 Å². The number of benzene rings is 1. The van der Waals surface area contributed by atoms with Gasteiger partial charge in [-0.3, -0.25) is 4.55 Å². The van der Waals surface area contributed by atoms with E-state index in [-0.39, 0.29) is 43.5 Å². The highest BCUT2D eigenvalue weighted by Crippen LogP contribution is 2.46. The number of hydrogen-bond acceptors (Lipinski definition) is 5. The van der Waals surface area contributed by atoms with Crippen molar-refractivity contribution in [3.8, 4) is 0 Å². The summed E-state index contributed by atoms with van der Waals surface area (Å²) >= 11 is 0. The van der Waals surface area contributed by atoms with E-state index in [0.717, 1.165) is 0 Å². The van der Waals surface area contributed by atoms with E-state index < -0.39 is 60.8 Å². The van der Waals surface area contributed by atoms with Gasteiger partial charge in [0.15, 0.2) is 17.0 Å². The number of halogens is 4. The molecule has 0 fully saturated rings. The van der Waals surface area contributed by atoms with Crippen LogP contribution in [0.25, 0.3) is 0 Å². The quantitative estimate of drug-likeness (QED) is 0.178. The van der Waals surface area contributed by atoms with E-state index in [2.05, 4.69) is 0 Å². The first-order chi connectivity index (χ1) is 14.1. The molecule has 0 saturated heterocycles. The Bertz CT molecular complexity index is 1100. The van der Waals surface area contributed by atoms with E-state index in [1.807, 2.05) is 0 Å². The van der Waals surface area contributed by atoms with Crippen LogP contribution in [0.2, 0.25) is 0 Å². The smallest absolute Gasteiger partial charge is 0.264 e. The molecule has 1 aromatic rings. The number of unbranched alkanes of at least 4 members (excludes halogenated alkanes) is 1. The van der Waals surface area contributed by atoms with Crippen LogP contribution in [0.3, 0.4) is 0 Å². The highest BCUT2D eigenvalue weighted by molar-refractivity contribution is 7.86. The lowest BCUT2D eigenvalue weighted by Gasteiger charge is -2.23. The van der Waals surface area contributed by atoms with E-state index in [1.165, 1.54) is 18.4 Å². The SMILES string of the molecule is CC1=[N+](CCCCS(=O)(=O)O)c2c(F)c(F)cc(F)c2C1(C)CCCC(F)S(=O)(=O)[O-]. The lowest BCUT2D eigenvalue weighted by atomic mass is 9.75. The molecule has 2 rings (SSSR count). The molecular weight excluding hydrogens is 466 g/mol. The van der Waals surface area contributed by atoms with Crippen LogP contribution in [0.15, 0.2) is 6.07 Å². The highest BCUT2D eigenvalue weighted by atomic mass is 32.2. The number of fused-ring (bicyclic) bond motifs is 1. The van der Waals surface area contributed by atoms with Crippen LogP contribution < -0.4 is 0 Å². The fraction of sp³-hybridized carbons (Fsp3) is 0.611. The number of rotatable bonds is 10. The van der Waals surface area contributed by atoms with Crippen LogP contribution in [0, 0.1) is 17.5 Å². The van der Waals surface area contributed by atoms with Gasteiger partial charge in [-0.15, -0.1) is 0 Å². The van der Waals surface area contributed by atoms with Crippen LogP contribution in [0.5, 0.6) is 0 Å². The summed E-state index contributed by atoms with van der Waals surface area (Å²) in [6.07, 6.45) is -0.676. The molecule has 13 heteroatoms. The molecule has 0 amide bonds. The Kier molecular flexibility index (Phi) is 7.56. The van der Waals surface area contributed by atoms with Crippen LogP contribution in [-0.4, -0.2) is 54.0 Å². The van der Waals surface area contributed by atoms with Crippen molar-refractivity contribution < 1.29 is 48.1 Å². The van der Waals surface area contributed by atoms with Gasteiger partial charge >= 0.3 is 0 Å². The van der Waals surface area contributed by atoms with E-state index >= 15 is 0 Å². The van der Waals surface area contributed by atoms with Gasteiger partial charge in [0.25, 0.3) is 15.8 Å². The molecule has 1 aliphatic heterocycles. The molecule has 0 saturated carbocycles. The fourth-order valence-electron chi connectivity index (χ4n) is 3.91. The minimum Gasteiger partial charge on any atom is -0.746 e. The van der Waals surface area contributed by atoms with Crippen molar-refractivity contribution >= 4 is 31.6 Å². The van der Waals surface area contributed by atoms with E-state index in [0.29, 0.717) is 11.8 Å². The molecule has 0 radical (unpaired) electrons. The zero-order valence-corrected chi connectivity index (χ0v) is 18.5. The van der Waals surface area contributed by atoms with Gasteiger partial charge in [-0.2, -0.15) is 17.4 Å². The normalized spacial score (nSPS) is 20.3. The molecule has 1 aromatic carbocycles. The van der Waals surface area contributed by atoms with Gasteiger partial charge in [-0.05, 0) is 32.6 Å². The molecule has 31 heavy (non-hydrogen) atoms. The second-order valence-electron chi connectivity index (χ2n) is 7.74. The van der Waals surface area contributed by atoms with E-state index in [9.17, 15) is 39.0 Å². The predicted octanol–water partition coefficient (Wildman–Crippen LogP) is 3.16. The Labute approximate surface area is 178 Å². The molecule has 7 nitrogen and oxygen atoms in total. The molecule has 2 unspecified atom stereocenters. The van der Waals surface area contributed by atoms with Gasteiger partial charge in [0, 0.05) is 19.4 Å². The first-order valence-electron chi connectivity index (χ1n) is 9.43. The van der Waals surface area contributed by atoms with Crippen molar-refractivity contribution in [2.75, 3.05) is 12.3 Å². The predicted molar refractivity (Wildman–Crippen MR) is 103 cm³/mol. The summed E-state index contributed by atoms with van der Waals surface area (Å²) in [6.45, 7) is 3.03. The highest BCUT2D eigenvalue weighted by Gasteiger charge is 2.50. The third-order valence-corrected chi connectivity index (χ3v) is 7.29. The second kappa shape index (κ2) is 9.12. The number of nitrogens with zero attached hydrogens (tertiary/aromatic N) is 1. The zero-order chi connectivity index (χ0) is 23.8. The van der Waals surface area contributed by atoms with Crippen molar-refractivity contribution in [3.63, 3.8) is 0 Å². The monoisotopic (exact) mass is 489 g/mol. The first-order valence-corrected chi connectivity index (χ1v) is 12.5. The van der Waals surface area contributed by atoms with E-state index in [1.54, 1.807) is 0 Å². The molecule has 2 atom stereocenters. The van der Waals surface area contributed by atoms with Crippen molar-refractivity contribution in [1.82, 2.24) is 0 Å². The number of hydrogen-bond donors (Lipinski definition) is 1. The Hall–Kier alpha value is -1.57. The third kappa shape index (κ3) is 5.62. The van der Waals surface area contributed by atoms with Gasteiger partial charge in [0.05, 0.1) is 16.7 Å². The first kappa shape index (κ1) is 25.7. The summed E-state index contributed by atoms with van der Waals surface area (Å²) in [4.78, 5) is 0. The fourth-order valence-corrected chi connectivity index (χ4v) is 4.93. The maximum Gasteiger partial charge on any atom is 0.264 e. The van der Waals surface area contributed by atoms with Crippen LogP contribution >= 0.6 is 0 Å². The molecule has 0 bridgehead atoms. The van der Waals surface area contributed by atoms with Crippen molar-refractivity contribution in [2.45, 2.75) is 56.9 Å². The maximum atomic E-state index is 14.7. The summed E-state index contributed by atoms with van der Waals surface area (Å²) in [6, 6.07) is 0.390. The standard InChI is InChI=1S/C18H23F4NO6S2/c1-11-18(2,7-5-6-14(21)31(27,28)29)15-12(19)10-13(20)16(22)17(15)23(11)8-3-4-9-30(24,25)26/h10,14H,3-9H2,1-2H3,(H-,24,25,26,27,28,29). The topological polar surface area (TPSA) is 115 Å². The largest absolute Gasteiger partial charge is 0.746 e. The lowest BCUT2D eigenvalue weighted by Crippen LogP contribution is -2.31. The minimum absolute atomic E-state index is 0.00949. The van der Waals surface area contributed by atoms with Crippen molar-refractivity contribution in [3.05, 3.63) is 29.1 Å². The average Bonchev–Trinajstić information content (AvgIpc) is 2.84. The summed E-state index contributed by atoms with van der Waals surface area (Å²) in [7, 11) is -9.34. The van der Waals surface area contributed by atoms with E-state index in [4.69, 9.17) is 4.55 Å². The van der Waals surface area contributed by atoms with Gasteiger partial charge in [-0.1, -0.05) is 0 Å². The summed E-state index contributed by atoms with van der Waals surface area (Å²) in [5.74, 6) is -4.30. The summed E-state index contributed by atoms with van der Waals surface area (Å²) in [5.41, 5.74) is -4.05. The van der Waals surface area contributed by atoms with Crippen LogP contribution in [-0.2, 0) is 25.7 Å². The lowest BCUT2D eigenvalue weighted by molar-refractivity contribution is -0.442. The molecule has 0 spiro atoms. The van der Waals surface area contributed by atoms with Gasteiger partial charge in [0.2, 0.25) is 5.82 Å². The molecule has 1 aliphatic rings.